The van der Waals surface area contributed by atoms with Gasteiger partial charge in [-0.1, -0.05) is 17.7 Å². The number of halogens is 2. The molecule has 0 bridgehead atoms. The van der Waals surface area contributed by atoms with Crippen molar-refractivity contribution in [3.63, 3.8) is 0 Å². The van der Waals surface area contributed by atoms with Crippen molar-refractivity contribution in [2.45, 2.75) is 26.0 Å². The molecule has 0 aliphatic carbocycles. The quantitative estimate of drug-likeness (QED) is 0.169. The molecule has 8 nitrogen and oxygen atoms in total. The number of fused-ring (bicyclic) bond motifs is 1. The summed E-state index contributed by atoms with van der Waals surface area (Å²) in [5, 5.41) is 13.2. The molecule has 4 rings (SSSR count). The molecule has 212 valence electrons. The van der Waals surface area contributed by atoms with Crippen LogP contribution in [-0.4, -0.2) is 50.4 Å². The molecule has 0 saturated carbocycles. The molecular formula is C30H32ClFN2O6. The van der Waals surface area contributed by atoms with Gasteiger partial charge in [-0.3, -0.25) is 4.79 Å². The lowest BCUT2D eigenvalue weighted by atomic mass is 9.94. The van der Waals surface area contributed by atoms with Crippen molar-refractivity contribution >= 4 is 34.0 Å². The van der Waals surface area contributed by atoms with Gasteiger partial charge >= 0.3 is 0 Å². The van der Waals surface area contributed by atoms with Crippen molar-refractivity contribution in [2.24, 2.45) is 0 Å². The number of ketones is 1. The van der Waals surface area contributed by atoms with E-state index in [1.54, 1.807) is 50.4 Å². The summed E-state index contributed by atoms with van der Waals surface area (Å²) >= 11 is 6.22. The standard InChI is InChI=1S/C30H32ClFN2O6/c1-16-25(38-4)14-24-27(28(16)32)23(15-33-24)30(36)29(22-7-6-19(31)12-26(22)39-5)34-20-10-18(17(2)37-3)11-21(13-20)40-9-8-35/h6-7,10-15,17,29,33-35H,8-9H2,1-5H3/t17-,29?/m1/s1. The second-order valence-corrected chi connectivity index (χ2v) is 9.65. The Morgan fingerprint density at radius 3 is 2.52 bits per heavy atom. The van der Waals surface area contributed by atoms with Crippen molar-refractivity contribution in [1.29, 1.82) is 0 Å². The first-order valence-corrected chi connectivity index (χ1v) is 13.0. The lowest BCUT2D eigenvalue weighted by Crippen LogP contribution is -2.22. The van der Waals surface area contributed by atoms with Crippen molar-refractivity contribution in [3.8, 4) is 17.2 Å². The zero-order chi connectivity index (χ0) is 29.0. The van der Waals surface area contributed by atoms with E-state index in [4.69, 9.17) is 30.5 Å². The zero-order valence-corrected chi connectivity index (χ0v) is 23.7. The number of H-pyrrole nitrogens is 1. The molecule has 1 heterocycles. The first kappa shape index (κ1) is 29.2. The summed E-state index contributed by atoms with van der Waals surface area (Å²) in [4.78, 5) is 17.3. The van der Waals surface area contributed by atoms with E-state index in [0.717, 1.165) is 5.56 Å². The van der Waals surface area contributed by atoms with Crippen LogP contribution in [0.1, 0.15) is 46.1 Å². The Balaban J connectivity index is 1.87. The molecule has 1 aromatic heterocycles. The fraction of sp³-hybridized carbons (Fsp3) is 0.300. The number of carbonyl (C=O) groups excluding carboxylic acids is 1. The lowest BCUT2D eigenvalue weighted by Gasteiger charge is -2.23. The number of hydrogen-bond donors (Lipinski definition) is 3. The monoisotopic (exact) mass is 570 g/mol. The number of Topliss-reactive ketones (excluding diaryl/α,β-unsaturated/α-hetero) is 1. The third-order valence-electron chi connectivity index (χ3n) is 6.78. The molecule has 40 heavy (non-hydrogen) atoms. The Kier molecular flexibility index (Phi) is 9.19. The first-order chi connectivity index (χ1) is 19.2. The van der Waals surface area contributed by atoms with Gasteiger partial charge in [0, 0.05) is 58.2 Å². The number of methoxy groups -OCH3 is 3. The molecule has 0 aliphatic heterocycles. The molecule has 3 aromatic carbocycles. The van der Waals surface area contributed by atoms with Gasteiger partial charge in [0.1, 0.15) is 35.7 Å². The molecule has 10 heteroatoms. The second-order valence-electron chi connectivity index (χ2n) is 9.21. The summed E-state index contributed by atoms with van der Waals surface area (Å²) in [6.07, 6.45) is 1.21. The largest absolute Gasteiger partial charge is 0.496 e. The van der Waals surface area contributed by atoms with E-state index in [1.165, 1.54) is 20.4 Å². The van der Waals surface area contributed by atoms with Gasteiger partial charge in [0.25, 0.3) is 0 Å². The number of aliphatic hydroxyl groups is 1. The third kappa shape index (κ3) is 5.86. The Morgan fingerprint density at radius 2 is 1.85 bits per heavy atom. The maximum Gasteiger partial charge on any atom is 0.191 e. The topological polar surface area (TPSA) is 102 Å². The van der Waals surface area contributed by atoms with Gasteiger partial charge in [-0.2, -0.15) is 0 Å². The normalized spacial score (nSPS) is 12.7. The number of hydrogen-bond acceptors (Lipinski definition) is 7. The molecule has 2 atom stereocenters. The predicted molar refractivity (Wildman–Crippen MR) is 153 cm³/mol. The van der Waals surface area contributed by atoms with Gasteiger partial charge in [0.15, 0.2) is 5.78 Å². The number of aliphatic hydroxyl groups excluding tert-OH is 1. The SMILES string of the molecule is COc1cc(Cl)ccc1C(Nc1cc(OCCO)cc([C@@H](C)OC)c1)C(=O)c1c[nH]c2cc(OC)c(C)c(F)c12. The van der Waals surface area contributed by atoms with Crippen LogP contribution in [0, 0.1) is 12.7 Å². The van der Waals surface area contributed by atoms with Crippen LogP contribution < -0.4 is 19.5 Å². The summed E-state index contributed by atoms with van der Waals surface area (Å²) < 4.78 is 37.6. The summed E-state index contributed by atoms with van der Waals surface area (Å²) in [6.45, 7) is 3.41. The maximum absolute atomic E-state index is 15.6. The van der Waals surface area contributed by atoms with Crippen LogP contribution >= 0.6 is 11.6 Å². The molecular weight excluding hydrogens is 539 g/mol. The van der Waals surface area contributed by atoms with Crippen LogP contribution in [0.15, 0.2) is 48.7 Å². The van der Waals surface area contributed by atoms with Crippen LogP contribution in [0.3, 0.4) is 0 Å². The van der Waals surface area contributed by atoms with E-state index in [2.05, 4.69) is 10.3 Å². The molecule has 0 fully saturated rings. The lowest BCUT2D eigenvalue weighted by molar-refractivity contribution is 0.0969. The van der Waals surface area contributed by atoms with Gasteiger partial charge in [0.2, 0.25) is 0 Å². The highest BCUT2D eigenvalue weighted by atomic mass is 35.5. The summed E-state index contributed by atoms with van der Waals surface area (Å²) in [5.74, 6) is 0.289. The number of ether oxygens (including phenoxy) is 4. The van der Waals surface area contributed by atoms with Gasteiger partial charge < -0.3 is 34.4 Å². The number of aromatic amines is 1. The van der Waals surface area contributed by atoms with Gasteiger partial charge in [-0.15, -0.1) is 0 Å². The fourth-order valence-electron chi connectivity index (χ4n) is 4.58. The van der Waals surface area contributed by atoms with Crippen LogP contribution in [0.4, 0.5) is 10.1 Å². The fourth-order valence-corrected chi connectivity index (χ4v) is 4.75. The Bertz CT molecular complexity index is 1520. The molecule has 0 radical (unpaired) electrons. The number of benzene rings is 3. The minimum atomic E-state index is -1.01. The average Bonchev–Trinajstić information content (AvgIpc) is 3.40. The van der Waals surface area contributed by atoms with Crippen LogP contribution in [0.5, 0.6) is 17.2 Å². The van der Waals surface area contributed by atoms with Gasteiger partial charge in [-0.25, -0.2) is 4.39 Å². The van der Waals surface area contributed by atoms with E-state index < -0.39 is 17.6 Å². The molecule has 0 aliphatic rings. The molecule has 3 N–H and O–H groups in total. The summed E-state index contributed by atoms with van der Waals surface area (Å²) in [7, 11) is 4.54. The van der Waals surface area contributed by atoms with Crippen molar-refractivity contribution in [3.05, 3.63) is 81.8 Å². The van der Waals surface area contributed by atoms with Crippen molar-refractivity contribution in [2.75, 3.05) is 39.9 Å². The molecule has 0 amide bonds. The Morgan fingerprint density at radius 1 is 1.10 bits per heavy atom. The highest BCUT2D eigenvalue weighted by Gasteiger charge is 2.29. The molecule has 1 unspecified atom stereocenters. The zero-order valence-electron chi connectivity index (χ0n) is 22.9. The van der Waals surface area contributed by atoms with Crippen LogP contribution in [0.25, 0.3) is 10.9 Å². The van der Waals surface area contributed by atoms with Crippen LogP contribution in [0.2, 0.25) is 5.02 Å². The van der Waals surface area contributed by atoms with E-state index in [-0.39, 0.29) is 30.3 Å². The minimum absolute atomic E-state index is 0.0923. The van der Waals surface area contributed by atoms with Crippen LogP contribution in [-0.2, 0) is 4.74 Å². The summed E-state index contributed by atoms with van der Waals surface area (Å²) in [6, 6.07) is 11.0. The van der Waals surface area contributed by atoms with Gasteiger partial charge in [0.05, 0.1) is 32.4 Å². The second kappa shape index (κ2) is 12.6. The summed E-state index contributed by atoms with van der Waals surface area (Å²) in [5.41, 5.74) is 2.72. The number of carbonyl (C=O) groups is 1. The minimum Gasteiger partial charge on any atom is -0.496 e. The van der Waals surface area contributed by atoms with E-state index in [9.17, 15) is 9.90 Å². The molecule has 0 saturated heterocycles. The smallest absolute Gasteiger partial charge is 0.191 e. The van der Waals surface area contributed by atoms with E-state index >= 15 is 4.39 Å². The van der Waals surface area contributed by atoms with E-state index in [0.29, 0.717) is 44.6 Å². The Labute approximate surface area is 237 Å². The maximum atomic E-state index is 15.6. The highest BCUT2D eigenvalue weighted by molar-refractivity contribution is 6.30. The number of anilines is 1. The number of nitrogens with one attached hydrogen (secondary N) is 2. The molecule has 0 spiro atoms. The van der Waals surface area contributed by atoms with E-state index in [1.807, 2.05) is 13.0 Å². The van der Waals surface area contributed by atoms with Crippen molar-refractivity contribution < 1.29 is 33.2 Å². The predicted octanol–water partition coefficient (Wildman–Crippen LogP) is 6.40. The van der Waals surface area contributed by atoms with Gasteiger partial charge in [-0.05, 0) is 43.7 Å². The highest BCUT2D eigenvalue weighted by Crippen LogP contribution is 2.38. The Hall–Kier alpha value is -3.79. The van der Waals surface area contributed by atoms with Crippen molar-refractivity contribution in [1.82, 2.24) is 4.98 Å². The first-order valence-electron chi connectivity index (χ1n) is 12.6. The average molecular weight is 571 g/mol. The third-order valence-corrected chi connectivity index (χ3v) is 7.02. The number of aromatic nitrogens is 1. The number of rotatable bonds is 12. The molecule has 4 aromatic rings.